The lowest BCUT2D eigenvalue weighted by atomic mass is 10.1. The molecule has 0 unspecified atom stereocenters. The summed E-state index contributed by atoms with van der Waals surface area (Å²) in [5.74, 6) is -2.02. The van der Waals surface area contributed by atoms with Crippen LogP contribution in [0.1, 0.15) is 30.9 Å². The molecule has 220 valence electrons. The summed E-state index contributed by atoms with van der Waals surface area (Å²) in [6.45, 7) is 2.86. The van der Waals surface area contributed by atoms with Crippen LogP contribution >= 0.6 is 48.0 Å². The van der Waals surface area contributed by atoms with Gasteiger partial charge in [-0.05, 0) is 30.7 Å². The number of nitrogens with one attached hydrogen (secondary N) is 2. The quantitative estimate of drug-likeness (QED) is 0.209. The molecule has 0 saturated carbocycles. The van der Waals surface area contributed by atoms with Crippen LogP contribution in [0.2, 0.25) is 10.0 Å². The van der Waals surface area contributed by atoms with Gasteiger partial charge in [-0.1, -0.05) is 53.6 Å². The fourth-order valence-corrected chi connectivity index (χ4v) is 5.76. The zero-order chi connectivity index (χ0) is 28.0. The molecule has 0 aromatic heterocycles. The summed E-state index contributed by atoms with van der Waals surface area (Å²) in [7, 11) is -4.29. The zero-order valence-corrected chi connectivity index (χ0v) is 25.4. The average molecular weight is 655 g/mol. The Morgan fingerprint density at radius 1 is 1.18 bits per heavy atom. The number of amidine groups is 2. The Hall–Kier alpha value is -2.70. The third kappa shape index (κ3) is 9.45. The minimum absolute atomic E-state index is 0. The molecule has 15 heteroatoms. The number of aliphatic carboxylic acids is 1. The van der Waals surface area contributed by atoms with E-state index in [2.05, 4.69) is 0 Å². The number of rotatable bonds is 10. The zero-order valence-electron chi connectivity index (χ0n) is 21.5. The van der Waals surface area contributed by atoms with Gasteiger partial charge >= 0.3 is 5.97 Å². The molecule has 0 spiro atoms. The first-order valence-electron chi connectivity index (χ1n) is 11.7. The molecule has 0 bridgehead atoms. The first-order valence-corrected chi connectivity index (χ1v) is 14.0. The largest absolute Gasteiger partial charge is 0.487 e. The number of carboxylic acids is 1. The molecule has 0 aliphatic carbocycles. The molecule has 5 N–H and O–H groups in total. The molecule has 40 heavy (non-hydrogen) atoms. The maximum atomic E-state index is 13.0. The van der Waals surface area contributed by atoms with Crippen molar-refractivity contribution in [2.24, 2.45) is 5.73 Å². The Kier molecular flexibility index (Phi) is 13.5. The standard InChI is InChI=1S/C25H29Cl2N5O5S.2ClH/c1-16(28)31-10-7-20(8-11-31)37-24-21(26)13-19(14-22(24)27)32(38(35,36)15-23(33)34)9-3-5-17-4-2-6-18(12-17)25(29)30;;/h2-6,12-14,20,28H,7-11,15H2,1H3,(H3,29,30)(H,33,34);2*1H/b5-3+,28-16?;;. The minimum Gasteiger partial charge on any atom is -0.487 e. The fourth-order valence-electron chi connectivity index (χ4n) is 3.99. The molecular weight excluding hydrogens is 624 g/mol. The minimum atomic E-state index is -4.29. The molecule has 1 fully saturated rings. The van der Waals surface area contributed by atoms with Gasteiger partial charge in [-0.15, -0.1) is 24.8 Å². The second-order valence-electron chi connectivity index (χ2n) is 8.75. The Balaban J connectivity index is 0.00000400. The number of nitrogens with two attached hydrogens (primary N) is 1. The highest BCUT2D eigenvalue weighted by atomic mass is 35.5. The van der Waals surface area contributed by atoms with Crippen molar-refractivity contribution in [2.75, 3.05) is 29.7 Å². The van der Waals surface area contributed by atoms with Crippen LogP contribution in [0.15, 0.2) is 42.5 Å². The van der Waals surface area contributed by atoms with Crippen LogP contribution in [0.25, 0.3) is 6.08 Å². The van der Waals surface area contributed by atoms with Crippen molar-refractivity contribution in [1.29, 1.82) is 10.8 Å². The summed E-state index contributed by atoms with van der Waals surface area (Å²) < 4.78 is 32.9. The number of nitrogen functional groups attached to an aromatic ring is 1. The molecule has 1 heterocycles. The van der Waals surface area contributed by atoms with Gasteiger partial charge < -0.3 is 20.5 Å². The van der Waals surface area contributed by atoms with Gasteiger partial charge in [0.25, 0.3) is 0 Å². The number of ether oxygens (including phenoxy) is 1. The van der Waals surface area contributed by atoms with Crippen molar-refractivity contribution in [3.63, 3.8) is 0 Å². The number of benzene rings is 2. The predicted octanol–water partition coefficient (Wildman–Crippen LogP) is 4.90. The summed E-state index contributed by atoms with van der Waals surface area (Å²) in [5, 5.41) is 24.7. The molecular formula is C25H31Cl4N5O5S. The number of hydrogen-bond donors (Lipinski definition) is 4. The van der Waals surface area contributed by atoms with E-state index in [1.54, 1.807) is 43.3 Å². The fraction of sp³-hybridized carbons (Fsp3) is 0.320. The van der Waals surface area contributed by atoms with E-state index in [0.29, 0.717) is 42.9 Å². The van der Waals surface area contributed by atoms with E-state index in [-0.39, 0.29) is 64.8 Å². The molecule has 0 radical (unpaired) electrons. The molecule has 2 aromatic rings. The smallest absolute Gasteiger partial charge is 0.320 e. The molecule has 0 amide bonds. The molecule has 0 atom stereocenters. The number of hydrogen-bond acceptors (Lipinski definition) is 6. The molecule has 10 nitrogen and oxygen atoms in total. The van der Waals surface area contributed by atoms with E-state index in [9.17, 15) is 18.3 Å². The first-order chi connectivity index (χ1) is 17.9. The Morgan fingerprint density at radius 2 is 1.77 bits per heavy atom. The van der Waals surface area contributed by atoms with Gasteiger partial charge in [-0.3, -0.25) is 19.9 Å². The summed E-state index contributed by atoms with van der Waals surface area (Å²) in [6, 6.07) is 9.57. The Labute approximate surface area is 256 Å². The normalized spacial score (nSPS) is 13.7. The Morgan fingerprint density at radius 3 is 2.30 bits per heavy atom. The van der Waals surface area contributed by atoms with E-state index in [4.69, 9.17) is 44.5 Å². The lowest BCUT2D eigenvalue weighted by Crippen LogP contribution is -2.40. The van der Waals surface area contributed by atoms with Crippen LogP contribution in [0.3, 0.4) is 0 Å². The highest BCUT2D eigenvalue weighted by molar-refractivity contribution is 7.93. The number of carboxylic acid groups (broad SMARTS) is 1. The van der Waals surface area contributed by atoms with E-state index < -0.39 is 21.7 Å². The van der Waals surface area contributed by atoms with Gasteiger partial charge in [0.05, 0.1) is 28.1 Å². The number of piperidine rings is 1. The van der Waals surface area contributed by atoms with Crippen molar-refractivity contribution in [3.8, 4) is 5.75 Å². The second-order valence-corrected chi connectivity index (χ2v) is 11.5. The van der Waals surface area contributed by atoms with Gasteiger partial charge in [-0.2, -0.15) is 0 Å². The van der Waals surface area contributed by atoms with Crippen molar-refractivity contribution in [3.05, 3.63) is 63.6 Å². The molecule has 1 saturated heterocycles. The van der Waals surface area contributed by atoms with Crippen LogP contribution in [0, 0.1) is 10.8 Å². The number of anilines is 1. The van der Waals surface area contributed by atoms with Crippen LogP contribution in [0.4, 0.5) is 5.69 Å². The van der Waals surface area contributed by atoms with Gasteiger partial charge in [0.2, 0.25) is 10.0 Å². The van der Waals surface area contributed by atoms with Gasteiger partial charge in [0.1, 0.15) is 11.9 Å². The van der Waals surface area contributed by atoms with Gasteiger partial charge in [0.15, 0.2) is 11.5 Å². The number of carbonyl (C=O) groups is 1. The van der Waals surface area contributed by atoms with Crippen molar-refractivity contribution in [1.82, 2.24) is 4.90 Å². The molecule has 2 aromatic carbocycles. The van der Waals surface area contributed by atoms with Crippen LogP contribution < -0.4 is 14.8 Å². The van der Waals surface area contributed by atoms with Crippen LogP contribution in [-0.2, 0) is 14.8 Å². The highest BCUT2D eigenvalue weighted by Crippen LogP contribution is 2.39. The molecule has 1 aliphatic heterocycles. The van der Waals surface area contributed by atoms with Crippen molar-refractivity contribution in [2.45, 2.75) is 25.9 Å². The summed E-state index contributed by atoms with van der Waals surface area (Å²) >= 11 is 12.9. The van der Waals surface area contributed by atoms with E-state index in [0.717, 1.165) is 4.31 Å². The predicted molar refractivity (Wildman–Crippen MR) is 165 cm³/mol. The molecule has 1 aliphatic rings. The number of sulfonamides is 1. The monoisotopic (exact) mass is 653 g/mol. The Bertz CT molecular complexity index is 1340. The topological polar surface area (TPSA) is 161 Å². The van der Waals surface area contributed by atoms with E-state index in [1.807, 2.05) is 4.90 Å². The number of likely N-dealkylation sites (tertiary alicyclic amines) is 1. The maximum absolute atomic E-state index is 13.0. The lowest BCUT2D eigenvalue weighted by molar-refractivity contribution is -0.134. The van der Waals surface area contributed by atoms with Crippen LogP contribution in [0.5, 0.6) is 5.75 Å². The second kappa shape index (κ2) is 15.3. The third-order valence-corrected chi connectivity index (χ3v) is 8.10. The average Bonchev–Trinajstić information content (AvgIpc) is 2.83. The van der Waals surface area contributed by atoms with Gasteiger partial charge in [-0.25, -0.2) is 8.42 Å². The van der Waals surface area contributed by atoms with E-state index >= 15 is 0 Å². The SMILES string of the molecule is CC(=N)N1CCC(Oc2c(Cl)cc(N(C/C=C/c3cccc(C(=N)N)c3)S(=O)(=O)CC(=O)O)cc2Cl)CC1.Cl.Cl. The highest BCUT2D eigenvalue weighted by Gasteiger charge is 2.28. The van der Waals surface area contributed by atoms with Crippen LogP contribution in [-0.4, -0.2) is 67.6 Å². The third-order valence-electron chi connectivity index (χ3n) is 5.89. The summed E-state index contributed by atoms with van der Waals surface area (Å²) in [6.07, 6.45) is 4.34. The maximum Gasteiger partial charge on any atom is 0.320 e. The number of nitrogens with zero attached hydrogens (tertiary/aromatic N) is 2. The molecule has 3 rings (SSSR count). The summed E-state index contributed by atoms with van der Waals surface area (Å²) in [5.41, 5.74) is 6.80. The summed E-state index contributed by atoms with van der Waals surface area (Å²) in [4.78, 5) is 13.2. The van der Waals surface area contributed by atoms with Crippen molar-refractivity contribution < 1.29 is 23.1 Å². The lowest BCUT2D eigenvalue weighted by Gasteiger charge is -2.33. The van der Waals surface area contributed by atoms with Crippen molar-refractivity contribution >= 4 is 87.4 Å². The number of halogens is 4. The first kappa shape index (κ1) is 35.3. The van der Waals surface area contributed by atoms with Gasteiger partial charge in [0, 0.05) is 31.5 Å². The van der Waals surface area contributed by atoms with E-state index in [1.165, 1.54) is 12.1 Å².